The summed E-state index contributed by atoms with van der Waals surface area (Å²) in [6, 6.07) is 0. The van der Waals surface area contributed by atoms with Gasteiger partial charge in [-0.1, -0.05) is 5.16 Å². The highest BCUT2D eigenvalue weighted by atomic mass is 32.2. The Balaban J connectivity index is 2.40. The third kappa shape index (κ3) is 3.81. The molecule has 0 aliphatic carbocycles. The topological polar surface area (TPSA) is 72.2 Å². The Morgan fingerprint density at radius 2 is 2.00 bits per heavy atom. The van der Waals surface area contributed by atoms with E-state index in [0.29, 0.717) is 13.1 Å². The van der Waals surface area contributed by atoms with Crippen LogP contribution in [0.4, 0.5) is 0 Å². The van der Waals surface area contributed by atoms with Crippen LogP contribution in [-0.2, 0) is 16.4 Å². The van der Waals surface area contributed by atoms with Gasteiger partial charge in [-0.3, -0.25) is 0 Å². The average molecular weight is 260 g/mol. The SMILES string of the molecule is Cc1noc(C)c1CNCCS(=O)(=O)C(C)C. The summed E-state index contributed by atoms with van der Waals surface area (Å²) < 4.78 is 28.1. The minimum atomic E-state index is -2.96. The van der Waals surface area contributed by atoms with Gasteiger partial charge in [0.25, 0.3) is 0 Å². The zero-order valence-corrected chi connectivity index (χ0v) is 11.6. The average Bonchev–Trinajstić information content (AvgIpc) is 2.54. The number of nitrogens with one attached hydrogen (secondary N) is 1. The Morgan fingerprint density at radius 3 is 2.47 bits per heavy atom. The van der Waals surface area contributed by atoms with Crippen molar-refractivity contribution in [3.63, 3.8) is 0 Å². The van der Waals surface area contributed by atoms with Gasteiger partial charge < -0.3 is 9.84 Å². The van der Waals surface area contributed by atoms with Gasteiger partial charge >= 0.3 is 0 Å². The number of rotatable bonds is 6. The van der Waals surface area contributed by atoms with Gasteiger partial charge in [-0.15, -0.1) is 0 Å². The van der Waals surface area contributed by atoms with Gasteiger partial charge in [0, 0.05) is 18.7 Å². The molecule has 0 saturated carbocycles. The van der Waals surface area contributed by atoms with Gasteiger partial charge in [0.2, 0.25) is 0 Å². The molecule has 1 aromatic rings. The Bertz CT molecular complexity index is 444. The van der Waals surface area contributed by atoms with Crippen LogP contribution in [0.5, 0.6) is 0 Å². The first-order chi connectivity index (χ1) is 7.84. The molecule has 5 nitrogen and oxygen atoms in total. The molecular weight excluding hydrogens is 240 g/mol. The van der Waals surface area contributed by atoms with E-state index in [1.807, 2.05) is 13.8 Å². The predicted octanol–water partition coefficient (Wildman–Crippen LogP) is 1.20. The van der Waals surface area contributed by atoms with Crippen LogP contribution in [-0.4, -0.2) is 31.1 Å². The zero-order valence-electron chi connectivity index (χ0n) is 10.8. The second kappa shape index (κ2) is 5.64. The summed E-state index contributed by atoms with van der Waals surface area (Å²) >= 11 is 0. The van der Waals surface area contributed by atoms with Crippen LogP contribution in [0.2, 0.25) is 0 Å². The molecule has 1 heterocycles. The molecule has 0 radical (unpaired) electrons. The third-order valence-electron chi connectivity index (χ3n) is 2.76. The third-order valence-corrected chi connectivity index (χ3v) is 4.97. The van der Waals surface area contributed by atoms with Gasteiger partial charge in [-0.25, -0.2) is 8.42 Å². The molecule has 0 amide bonds. The molecule has 1 N–H and O–H groups in total. The molecule has 1 rings (SSSR count). The molecule has 6 heteroatoms. The molecule has 0 spiro atoms. The molecule has 0 unspecified atom stereocenters. The minimum absolute atomic E-state index is 0.161. The van der Waals surface area contributed by atoms with Crippen molar-refractivity contribution in [3.05, 3.63) is 17.0 Å². The van der Waals surface area contributed by atoms with Crippen LogP contribution in [0, 0.1) is 13.8 Å². The van der Waals surface area contributed by atoms with E-state index in [2.05, 4.69) is 10.5 Å². The van der Waals surface area contributed by atoms with Gasteiger partial charge in [0.05, 0.1) is 16.7 Å². The lowest BCUT2D eigenvalue weighted by molar-refractivity contribution is 0.392. The first-order valence-corrected chi connectivity index (χ1v) is 7.40. The highest BCUT2D eigenvalue weighted by Gasteiger charge is 2.15. The number of aromatic nitrogens is 1. The predicted molar refractivity (Wildman–Crippen MR) is 66.6 cm³/mol. The smallest absolute Gasteiger partial charge is 0.153 e. The van der Waals surface area contributed by atoms with E-state index >= 15 is 0 Å². The maximum Gasteiger partial charge on any atom is 0.153 e. The van der Waals surface area contributed by atoms with E-state index in [4.69, 9.17) is 4.52 Å². The number of hydrogen-bond donors (Lipinski definition) is 1. The van der Waals surface area contributed by atoms with Crippen molar-refractivity contribution < 1.29 is 12.9 Å². The van der Waals surface area contributed by atoms with E-state index in [0.717, 1.165) is 17.0 Å². The summed E-state index contributed by atoms with van der Waals surface area (Å²) in [5.41, 5.74) is 1.86. The number of hydrogen-bond acceptors (Lipinski definition) is 5. The molecule has 0 bridgehead atoms. The van der Waals surface area contributed by atoms with E-state index in [1.54, 1.807) is 13.8 Å². The highest BCUT2D eigenvalue weighted by Crippen LogP contribution is 2.11. The lowest BCUT2D eigenvalue weighted by atomic mass is 10.2. The van der Waals surface area contributed by atoms with E-state index in [9.17, 15) is 8.42 Å². The highest BCUT2D eigenvalue weighted by molar-refractivity contribution is 7.92. The van der Waals surface area contributed by atoms with Crippen molar-refractivity contribution in [2.45, 2.75) is 39.5 Å². The second-order valence-corrected chi connectivity index (χ2v) is 7.07. The summed E-state index contributed by atoms with van der Waals surface area (Å²) in [5, 5.41) is 6.62. The molecule has 0 atom stereocenters. The maximum absolute atomic E-state index is 11.6. The van der Waals surface area contributed by atoms with Gasteiger partial charge in [0.1, 0.15) is 5.76 Å². The van der Waals surface area contributed by atoms with Crippen molar-refractivity contribution in [3.8, 4) is 0 Å². The summed E-state index contributed by atoms with van der Waals surface area (Å²) in [5.74, 6) is 0.940. The summed E-state index contributed by atoms with van der Waals surface area (Å²) in [6.45, 7) is 8.16. The van der Waals surface area contributed by atoms with Gasteiger partial charge in [-0.05, 0) is 27.7 Å². The summed E-state index contributed by atoms with van der Waals surface area (Å²) in [7, 11) is -2.96. The van der Waals surface area contributed by atoms with Crippen LogP contribution >= 0.6 is 0 Å². The largest absolute Gasteiger partial charge is 0.361 e. The molecule has 98 valence electrons. The van der Waals surface area contributed by atoms with Crippen molar-refractivity contribution in [1.29, 1.82) is 0 Å². The number of aryl methyl sites for hydroxylation is 2. The molecular formula is C11H20N2O3S. The lowest BCUT2D eigenvalue weighted by Gasteiger charge is -2.08. The molecule has 0 saturated heterocycles. The molecule has 0 aromatic carbocycles. The minimum Gasteiger partial charge on any atom is -0.361 e. The second-order valence-electron chi connectivity index (χ2n) is 4.40. The fourth-order valence-corrected chi connectivity index (χ4v) is 2.32. The van der Waals surface area contributed by atoms with Gasteiger partial charge in [-0.2, -0.15) is 0 Å². The van der Waals surface area contributed by atoms with Crippen molar-refractivity contribution in [2.75, 3.05) is 12.3 Å². The fraction of sp³-hybridized carbons (Fsp3) is 0.727. The maximum atomic E-state index is 11.6. The Labute approximate surface area is 102 Å². The molecule has 0 aliphatic rings. The molecule has 0 fully saturated rings. The van der Waals surface area contributed by atoms with Crippen LogP contribution in [0.1, 0.15) is 30.9 Å². The molecule has 0 aliphatic heterocycles. The van der Waals surface area contributed by atoms with Crippen LogP contribution in [0.25, 0.3) is 0 Å². The molecule has 17 heavy (non-hydrogen) atoms. The fourth-order valence-electron chi connectivity index (χ4n) is 1.42. The summed E-state index contributed by atoms with van der Waals surface area (Å²) in [6.07, 6.45) is 0. The Hall–Kier alpha value is -0.880. The quantitative estimate of drug-likeness (QED) is 0.778. The van der Waals surface area contributed by atoms with E-state index in [1.165, 1.54) is 0 Å². The zero-order chi connectivity index (χ0) is 13.1. The molecule has 1 aromatic heterocycles. The van der Waals surface area contributed by atoms with Crippen molar-refractivity contribution >= 4 is 9.84 Å². The van der Waals surface area contributed by atoms with Crippen molar-refractivity contribution in [1.82, 2.24) is 10.5 Å². The van der Waals surface area contributed by atoms with Crippen LogP contribution < -0.4 is 5.32 Å². The normalized spacial score (nSPS) is 12.3. The van der Waals surface area contributed by atoms with Crippen molar-refractivity contribution in [2.24, 2.45) is 0 Å². The van der Waals surface area contributed by atoms with E-state index < -0.39 is 9.84 Å². The van der Waals surface area contributed by atoms with Crippen LogP contribution in [0.15, 0.2) is 4.52 Å². The summed E-state index contributed by atoms with van der Waals surface area (Å²) in [4.78, 5) is 0. The number of nitrogens with zero attached hydrogens (tertiary/aromatic N) is 1. The Morgan fingerprint density at radius 1 is 1.35 bits per heavy atom. The first kappa shape index (κ1) is 14.2. The van der Waals surface area contributed by atoms with Gasteiger partial charge in [0.15, 0.2) is 9.84 Å². The van der Waals surface area contributed by atoms with Crippen LogP contribution in [0.3, 0.4) is 0 Å². The monoisotopic (exact) mass is 260 g/mol. The number of sulfone groups is 1. The van der Waals surface area contributed by atoms with E-state index in [-0.39, 0.29) is 11.0 Å². The first-order valence-electron chi connectivity index (χ1n) is 5.68. The Kier molecular flexibility index (Phi) is 4.70. The standard InChI is InChI=1S/C11H20N2O3S/c1-8(2)17(14,15)6-5-12-7-11-9(3)13-16-10(11)4/h8,12H,5-7H2,1-4H3. The lowest BCUT2D eigenvalue weighted by Crippen LogP contribution is -2.27.